The van der Waals surface area contributed by atoms with Crippen LogP contribution in [0, 0.1) is 5.82 Å². The quantitative estimate of drug-likeness (QED) is 0.927. The van der Waals surface area contributed by atoms with Crippen LogP contribution >= 0.6 is 0 Å². The lowest BCUT2D eigenvalue weighted by atomic mass is 9.93. The van der Waals surface area contributed by atoms with Crippen LogP contribution in [0.5, 0.6) is 0 Å². The summed E-state index contributed by atoms with van der Waals surface area (Å²) in [6.07, 6.45) is 3.10. The second-order valence-electron chi connectivity index (χ2n) is 6.30. The maximum absolute atomic E-state index is 13.7. The third-order valence-electron chi connectivity index (χ3n) is 3.95. The maximum Gasteiger partial charge on any atom is 0.253 e. The smallest absolute Gasteiger partial charge is 0.253 e. The van der Waals surface area contributed by atoms with Gasteiger partial charge in [-0.3, -0.25) is 9.78 Å². The number of fused-ring (bicyclic) bond motifs is 1. The minimum Gasteiger partial charge on any atom is -0.375 e. The molecule has 2 aromatic rings. The zero-order chi connectivity index (χ0) is 15.7. The summed E-state index contributed by atoms with van der Waals surface area (Å²) in [5, 5.41) is 3.61. The molecule has 1 N–H and O–H groups in total. The largest absolute Gasteiger partial charge is 0.375 e. The highest BCUT2D eigenvalue weighted by Crippen LogP contribution is 2.25. The predicted octanol–water partition coefficient (Wildman–Crippen LogP) is 3.06. The molecule has 0 saturated carbocycles. The number of nitrogens with zero attached hydrogens (tertiary/aromatic N) is 1. The summed E-state index contributed by atoms with van der Waals surface area (Å²) in [5.41, 5.74) is 0.547. The molecule has 0 radical (unpaired) electrons. The number of pyridine rings is 1. The molecule has 1 saturated heterocycles. The van der Waals surface area contributed by atoms with Crippen LogP contribution in [0.2, 0.25) is 0 Å². The molecule has 1 aliphatic rings. The van der Waals surface area contributed by atoms with Crippen LogP contribution in [0.25, 0.3) is 10.9 Å². The van der Waals surface area contributed by atoms with Crippen molar-refractivity contribution in [2.75, 3.05) is 6.61 Å². The number of amides is 1. The molecule has 5 heteroatoms. The van der Waals surface area contributed by atoms with Gasteiger partial charge >= 0.3 is 0 Å². The van der Waals surface area contributed by atoms with Gasteiger partial charge in [0.1, 0.15) is 5.82 Å². The zero-order valence-corrected chi connectivity index (χ0v) is 12.7. The summed E-state index contributed by atoms with van der Waals surface area (Å²) in [6.45, 7) is 4.62. The van der Waals surface area contributed by atoms with E-state index in [1.165, 1.54) is 12.1 Å². The molecule has 0 spiro atoms. The van der Waals surface area contributed by atoms with E-state index in [1.54, 1.807) is 18.3 Å². The van der Waals surface area contributed by atoms with Gasteiger partial charge in [0, 0.05) is 24.2 Å². The predicted molar refractivity (Wildman–Crippen MR) is 82.2 cm³/mol. The first-order valence-corrected chi connectivity index (χ1v) is 7.44. The number of nitrogens with one attached hydrogen (secondary N) is 1. The van der Waals surface area contributed by atoms with Crippen LogP contribution < -0.4 is 5.32 Å². The Hall–Kier alpha value is -2.01. The van der Waals surface area contributed by atoms with E-state index in [1.807, 2.05) is 13.8 Å². The Morgan fingerprint density at radius 1 is 1.45 bits per heavy atom. The Bertz CT molecular complexity index is 715. The molecule has 1 unspecified atom stereocenters. The van der Waals surface area contributed by atoms with Crippen molar-refractivity contribution < 1.29 is 13.9 Å². The van der Waals surface area contributed by atoms with Gasteiger partial charge in [-0.1, -0.05) is 6.07 Å². The highest BCUT2D eigenvalue weighted by molar-refractivity contribution is 6.05. The van der Waals surface area contributed by atoms with Crippen molar-refractivity contribution in [3.8, 4) is 0 Å². The third kappa shape index (κ3) is 3.09. The van der Waals surface area contributed by atoms with Crippen molar-refractivity contribution in [1.82, 2.24) is 10.3 Å². The fourth-order valence-corrected chi connectivity index (χ4v) is 2.95. The van der Waals surface area contributed by atoms with Gasteiger partial charge in [0.15, 0.2) is 0 Å². The minimum absolute atomic E-state index is 0.0262. The number of aromatic nitrogens is 1. The Morgan fingerprint density at radius 3 is 3.05 bits per heavy atom. The lowest BCUT2D eigenvalue weighted by molar-refractivity contribution is -0.0615. The first kappa shape index (κ1) is 14.9. The van der Waals surface area contributed by atoms with E-state index < -0.39 is 5.82 Å². The average Bonchev–Trinajstić information content (AvgIpc) is 2.45. The summed E-state index contributed by atoms with van der Waals surface area (Å²) in [4.78, 5) is 16.7. The number of hydrogen-bond donors (Lipinski definition) is 1. The second-order valence-corrected chi connectivity index (χ2v) is 6.30. The van der Waals surface area contributed by atoms with Crippen LogP contribution in [0.3, 0.4) is 0 Å². The molecule has 22 heavy (non-hydrogen) atoms. The molecule has 116 valence electrons. The van der Waals surface area contributed by atoms with Crippen LogP contribution in [-0.2, 0) is 4.74 Å². The summed E-state index contributed by atoms with van der Waals surface area (Å²) in [7, 11) is 0. The van der Waals surface area contributed by atoms with Gasteiger partial charge in [-0.05, 0) is 44.9 Å². The van der Waals surface area contributed by atoms with E-state index >= 15 is 0 Å². The Morgan fingerprint density at radius 2 is 2.27 bits per heavy atom. The van der Waals surface area contributed by atoms with Crippen LogP contribution in [0.1, 0.15) is 37.0 Å². The van der Waals surface area contributed by atoms with Gasteiger partial charge in [0.2, 0.25) is 0 Å². The van der Waals surface area contributed by atoms with Gasteiger partial charge in [-0.15, -0.1) is 0 Å². The SMILES string of the molecule is CC1(C)CC(NC(=O)c2cc(F)cc3cccnc23)CCO1. The highest BCUT2D eigenvalue weighted by atomic mass is 19.1. The molecule has 0 aliphatic carbocycles. The molecule has 1 aromatic carbocycles. The van der Waals surface area contributed by atoms with Gasteiger partial charge in [0.05, 0.1) is 16.7 Å². The molecule has 0 bridgehead atoms. The first-order chi connectivity index (χ1) is 10.4. The van der Waals surface area contributed by atoms with Crippen molar-refractivity contribution in [3.05, 3.63) is 41.8 Å². The normalized spacial score (nSPS) is 20.8. The molecular weight excluding hydrogens is 283 g/mol. The summed E-state index contributed by atoms with van der Waals surface area (Å²) >= 11 is 0. The minimum atomic E-state index is -0.432. The molecule has 4 nitrogen and oxygen atoms in total. The van der Waals surface area contributed by atoms with Crippen molar-refractivity contribution in [3.63, 3.8) is 0 Å². The van der Waals surface area contributed by atoms with E-state index in [0.717, 1.165) is 12.8 Å². The van der Waals surface area contributed by atoms with Gasteiger partial charge < -0.3 is 10.1 Å². The van der Waals surface area contributed by atoms with Gasteiger partial charge in [0.25, 0.3) is 5.91 Å². The topological polar surface area (TPSA) is 51.2 Å². The molecule has 3 rings (SSSR count). The molecule has 2 heterocycles. The van der Waals surface area contributed by atoms with Gasteiger partial charge in [-0.25, -0.2) is 4.39 Å². The van der Waals surface area contributed by atoms with Crippen LogP contribution in [-0.4, -0.2) is 29.1 Å². The van der Waals surface area contributed by atoms with Crippen molar-refractivity contribution >= 4 is 16.8 Å². The lowest BCUT2D eigenvalue weighted by Crippen LogP contribution is -2.45. The van der Waals surface area contributed by atoms with Crippen molar-refractivity contribution in [2.24, 2.45) is 0 Å². The number of halogens is 1. The first-order valence-electron chi connectivity index (χ1n) is 7.44. The molecular formula is C17H19FN2O2. The number of carbonyl (C=O) groups excluding carboxylic acids is 1. The average molecular weight is 302 g/mol. The molecule has 1 aliphatic heterocycles. The Kier molecular flexibility index (Phi) is 3.83. The van der Waals surface area contributed by atoms with Crippen LogP contribution in [0.4, 0.5) is 4.39 Å². The summed E-state index contributed by atoms with van der Waals surface area (Å²) in [5.74, 6) is -0.719. The van der Waals surface area contributed by atoms with E-state index in [9.17, 15) is 9.18 Å². The lowest BCUT2D eigenvalue weighted by Gasteiger charge is -2.35. The van der Waals surface area contributed by atoms with Crippen LogP contribution in [0.15, 0.2) is 30.5 Å². The van der Waals surface area contributed by atoms with E-state index in [-0.39, 0.29) is 23.1 Å². The molecule has 1 aromatic heterocycles. The van der Waals surface area contributed by atoms with Crippen molar-refractivity contribution in [2.45, 2.75) is 38.3 Å². The number of carbonyl (C=O) groups is 1. The standard InChI is InChI=1S/C17H19FN2O2/c1-17(2)10-13(5-7-22-17)20-16(21)14-9-12(18)8-11-4-3-6-19-15(11)14/h3-4,6,8-9,13H,5,7,10H2,1-2H3,(H,20,21). The van der Waals surface area contributed by atoms with Gasteiger partial charge in [-0.2, -0.15) is 0 Å². The maximum atomic E-state index is 13.7. The fraction of sp³-hybridized carbons (Fsp3) is 0.412. The van der Waals surface area contributed by atoms with E-state index in [4.69, 9.17) is 4.74 Å². The third-order valence-corrected chi connectivity index (χ3v) is 3.95. The molecule has 1 amide bonds. The fourth-order valence-electron chi connectivity index (χ4n) is 2.95. The monoisotopic (exact) mass is 302 g/mol. The zero-order valence-electron chi connectivity index (χ0n) is 12.7. The highest BCUT2D eigenvalue weighted by Gasteiger charge is 2.30. The van der Waals surface area contributed by atoms with E-state index in [0.29, 0.717) is 17.5 Å². The Labute approximate surface area is 128 Å². The molecule has 1 fully saturated rings. The Balaban J connectivity index is 1.86. The number of rotatable bonds is 2. The summed E-state index contributed by atoms with van der Waals surface area (Å²) in [6, 6.07) is 6.13. The van der Waals surface area contributed by atoms with E-state index in [2.05, 4.69) is 10.3 Å². The number of benzene rings is 1. The number of ether oxygens (including phenoxy) is 1. The number of hydrogen-bond acceptors (Lipinski definition) is 3. The second kappa shape index (κ2) is 5.65. The van der Waals surface area contributed by atoms with Crippen molar-refractivity contribution in [1.29, 1.82) is 0 Å². The molecule has 1 atom stereocenters. The summed E-state index contributed by atoms with van der Waals surface area (Å²) < 4.78 is 19.4.